The molecule has 4 aromatic rings. The maximum absolute atomic E-state index is 12.9. The molecule has 0 aliphatic rings. The highest BCUT2D eigenvalue weighted by Crippen LogP contribution is 2.30. The molecule has 3 aromatic carbocycles. The molecule has 31 heavy (non-hydrogen) atoms. The molecule has 7 heteroatoms. The summed E-state index contributed by atoms with van der Waals surface area (Å²) < 4.78 is 1.88. The van der Waals surface area contributed by atoms with Crippen molar-refractivity contribution in [1.82, 2.24) is 14.8 Å². The van der Waals surface area contributed by atoms with Crippen LogP contribution in [0.3, 0.4) is 0 Å². The second-order valence-corrected chi connectivity index (χ2v) is 8.78. The van der Waals surface area contributed by atoms with Crippen molar-refractivity contribution in [3.05, 3.63) is 83.9 Å². The molecule has 5 nitrogen and oxygen atoms in total. The number of hydrogen-bond donors (Lipinski definition) is 1. The number of rotatable bonds is 6. The largest absolute Gasteiger partial charge is 0.325 e. The Balaban J connectivity index is 1.49. The third-order valence-corrected chi connectivity index (χ3v) is 6.24. The lowest BCUT2D eigenvalue weighted by Crippen LogP contribution is -2.23. The van der Waals surface area contributed by atoms with Crippen LogP contribution in [-0.4, -0.2) is 25.9 Å². The van der Waals surface area contributed by atoms with E-state index in [1.54, 1.807) is 0 Å². The van der Waals surface area contributed by atoms with Crippen molar-refractivity contribution in [1.29, 1.82) is 0 Å². The van der Waals surface area contributed by atoms with Gasteiger partial charge in [0.05, 0.1) is 5.25 Å². The average molecular weight is 449 g/mol. The molecule has 1 aromatic heterocycles. The van der Waals surface area contributed by atoms with Gasteiger partial charge in [0.15, 0.2) is 11.0 Å². The van der Waals surface area contributed by atoms with Gasteiger partial charge in [0.25, 0.3) is 0 Å². The highest BCUT2D eigenvalue weighted by molar-refractivity contribution is 8.00. The average Bonchev–Trinajstić information content (AvgIpc) is 3.15. The molecule has 1 atom stereocenters. The first-order chi connectivity index (χ1) is 15.0. The first-order valence-electron chi connectivity index (χ1n) is 9.80. The van der Waals surface area contributed by atoms with Gasteiger partial charge in [0.1, 0.15) is 0 Å². The van der Waals surface area contributed by atoms with E-state index in [0.29, 0.717) is 10.2 Å². The van der Waals surface area contributed by atoms with E-state index in [1.807, 2.05) is 97.4 Å². The molecule has 0 bridgehead atoms. The van der Waals surface area contributed by atoms with Crippen molar-refractivity contribution >= 4 is 35.0 Å². The predicted octanol–water partition coefficient (Wildman–Crippen LogP) is 5.92. The van der Waals surface area contributed by atoms with Gasteiger partial charge in [-0.2, -0.15) is 0 Å². The quantitative estimate of drug-likeness (QED) is 0.372. The van der Waals surface area contributed by atoms with Gasteiger partial charge in [-0.1, -0.05) is 71.9 Å². The topological polar surface area (TPSA) is 59.8 Å². The number of nitrogens with one attached hydrogen (secondary N) is 1. The summed E-state index contributed by atoms with van der Waals surface area (Å²) in [6.07, 6.45) is 0. The lowest BCUT2D eigenvalue weighted by molar-refractivity contribution is -0.115. The number of para-hydroxylation sites is 1. The number of benzene rings is 3. The van der Waals surface area contributed by atoms with Crippen LogP contribution in [0.15, 0.2) is 84.0 Å². The Bertz CT molecular complexity index is 1190. The van der Waals surface area contributed by atoms with E-state index < -0.39 is 0 Å². The number of carbonyl (C=O) groups is 1. The van der Waals surface area contributed by atoms with Crippen LogP contribution in [0.4, 0.5) is 5.69 Å². The molecule has 0 saturated heterocycles. The highest BCUT2D eigenvalue weighted by atomic mass is 35.5. The van der Waals surface area contributed by atoms with E-state index in [-0.39, 0.29) is 11.2 Å². The van der Waals surface area contributed by atoms with Crippen LogP contribution in [0.2, 0.25) is 5.02 Å². The molecule has 1 amide bonds. The molecule has 1 N–H and O–H groups in total. The number of anilines is 1. The van der Waals surface area contributed by atoms with Gasteiger partial charge < -0.3 is 9.88 Å². The fraction of sp³-hybridized carbons (Fsp3) is 0.125. The molecule has 1 heterocycles. The Morgan fingerprint density at radius 1 is 0.935 bits per heavy atom. The molecule has 1 unspecified atom stereocenters. The van der Waals surface area contributed by atoms with E-state index in [0.717, 1.165) is 28.2 Å². The minimum absolute atomic E-state index is 0.0931. The van der Waals surface area contributed by atoms with Gasteiger partial charge in [0, 0.05) is 28.9 Å². The molecular weight excluding hydrogens is 428 g/mol. The van der Waals surface area contributed by atoms with Gasteiger partial charge in [-0.25, -0.2) is 0 Å². The molecule has 4 rings (SSSR count). The summed E-state index contributed by atoms with van der Waals surface area (Å²) in [5.41, 5.74) is 3.74. The molecular formula is C24H21ClN4OS. The van der Waals surface area contributed by atoms with Crippen molar-refractivity contribution in [2.24, 2.45) is 7.05 Å². The summed E-state index contributed by atoms with van der Waals surface area (Å²) in [7, 11) is 1.89. The van der Waals surface area contributed by atoms with Gasteiger partial charge in [-0.05, 0) is 42.8 Å². The lowest BCUT2D eigenvalue weighted by Gasteiger charge is -2.15. The Labute approximate surface area is 190 Å². The lowest BCUT2D eigenvalue weighted by atomic mass is 10.0. The predicted molar refractivity (Wildman–Crippen MR) is 127 cm³/mol. The monoisotopic (exact) mass is 448 g/mol. The van der Waals surface area contributed by atoms with Crippen LogP contribution in [-0.2, 0) is 11.8 Å². The van der Waals surface area contributed by atoms with Crippen molar-refractivity contribution in [2.75, 3.05) is 5.32 Å². The minimum Gasteiger partial charge on any atom is -0.325 e. The third kappa shape index (κ3) is 4.81. The smallest absolute Gasteiger partial charge is 0.237 e. The molecule has 0 aliphatic heterocycles. The van der Waals surface area contributed by atoms with E-state index in [2.05, 4.69) is 15.5 Å². The zero-order valence-electron chi connectivity index (χ0n) is 17.1. The fourth-order valence-corrected chi connectivity index (χ4v) is 4.12. The van der Waals surface area contributed by atoms with Crippen LogP contribution in [0, 0.1) is 0 Å². The fourth-order valence-electron chi connectivity index (χ4n) is 3.18. The van der Waals surface area contributed by atoms with E-state index in [1.165, 1.54) is 11.8 Å². The zero-order chi connectivity index (χ0) is 21.8. The van der Waals surface area contributed by atoms with Crippen LogP contribution < -0.4 is 5.32 Å². The van der Waals surface area contributed by atoms with Crippen LogP contribution in [0.5, 0.6) is 0 Å². The maximum Gasteiger partial charge on any atom is 0.237 e. The summed E-state index contributed by atoms with van der Waals surface area (Å²) in [4.78, 5) is 12.9. The summed E-state index contributed by atoms with van der Waals surface area (Å²) in [6, 6.07) is 25.2. The Morgan fingerprint density at radius 2 is 1.61 bits per heavy atom. The number of nitrogens with zero attached hydrogens (tertiary/aromatic N) is 3. The summed E-state index contributed by atoms with van der Waals surface area (Å²) in [5.74, 6) is 0.630. The van der Waals surface area contributed by atoms with E-state index >= 15 is 0 Å². The molecule has 0 radical (unpaired) electrons. The number of halogens is 1. The SMILES string of the molecule is CC(Sc1nnc(-c2ccc(Cl)cc2)n1C)C(=O)Nc1ccccc1-c1ccccc1. The van der Waals surface area contributed by atoms with Crippen molar-refractivity contribution in [3.8, 4) is 22.5 Å². The zero-order valence-corrected chi connectivity index (χ0v) is 18.7. The second-order valence-electron chi connectivity index (χ2n) is 7.03. The molecule has 0 aliphatic carbocycles. The number of thioether (sulfide) groups is 1. The number of carbonyl (C=O) groups excluding carboxylic acids is 1. The maximum atomic E-state index is 12.9. The van der Waals surface area contributed by atoms with Gasteiger partial charge in [-0.15, -0.1) is 10.2 Å². The highest BCUT2D eigenvalue weighted by Gasteiger charge is 2.20. The first kappa shape index (κ1) is 21.2. The normalized spacial score (nSPS) is 11.8. The molecule has 0 spiro atoms. The minimum atomic E-state index is -0.357. The third-order valence-electron chi connectivity index (χ3n) is 4.86. The number of amides is 1. The van der Waals surface area contributed by atoms with Crippen LogP contribution in [0.25, 0.3) is 22.5 Å². The summed E-state index contributed by atoms with van der Waals surface area (Å²) >= 11 is 7.34. The van der Waals surface area contributed by atoms with E-state index in [9.17, 15) is 4.79 Å². The van der Waals surface area contributed by atoms with E-state index in [4.69, 9.17) is 11.6 Å². The van der Waals surface area contributed by atoms with Gasteiger partial charge in [0.2, 0.25) is 5.91 Å². The Kier molecular flexibility index (Phi) is 6.39. The first-order valence-corrected chi connectivity index (χ1v) is 11.1. The second kappa shape index (κ2) is 9.37. The number of aromatic nitrogens is 3. The Morgan fingerprint density at radius 3 is 2.35 bits per heavy atom. The molecule has 156 valence electrons. The van der Waals surface area contributed by atoms with Gasteiger partial charge in [-0.3, -0.25) is 4.79 Å². The van der Waals surface area contributed by atoms with Crippen molar-refractivity contribution in [2.45, 2.75) is 17.3 Å². The molecule has 0 saturated carbocycles. The van der Waals surface area contributed by atoms with Gasteiger partial charge >= 0.3 is 0 Å². The Hall–Kier alpha value is -3.09. The summed E-state index contributed by atoms with van der Waals surface area (Å²) in [6.45, 7) is 1.86. The molecule has 0 fully saturated rings. The van der Waals surface area contributed by atoms with Crippen molar-refractivity contribution < 1.29 is 4.79 Å². The standard InChI is InChI=1S/C24H21ClN4OS/c1-16(31-24-28-27-22(29(24)2)18-12-14-19(25)15-13-18)23(30)26-21-11-7-6-10-20(21)17-8-4-3-5-9-17/h3-16H,1-2H3,(H,26,30). The van der Waals surface area contributed by atoms with Crippen LogP contribution >= 0.6 is 23.4 Å². The van der Waals surface area contributed by atoms with Crippen molar-refractivity contribution in [3.63, 3.8) is 0 Å². The van der Waals surface area contributed by atoms with Crippen LogP contribution in [0.1, 0.15) is 6.92 Å². The number of hydrogen-bond acceptors (Lipinski definition) is 4. The summed E-state index contributed by atoms with van der Waals surface area (Å²) in [5, 5.41) is 12.6.